The maximum Gasteiger partial charge on any atom is 0.248 e. The molecule has 2 fully saturated rings. The van der Waals surface area contributed by atoms with Crippen molar-refractivity contribution in [2.45, 2.75) is 96.9 Å². The lowest BCUT2D eigenvalue weighted by atomic mass is 9.79. The molecule has 3 atom stereocenters. The Morgan fingerprint density at radius 2 is 1.60 bits per heavy atom. The van der Waals surface area contributed by atoms with Crippen LogP contribution < -0.4 is 5.32 Å². The number of aliphatic hydroxyl groups is 1. The maximum absolute atomic E-state index is 13.9. The molecule has 0 aliphatic carbocycles. The molecular weight excluding hydrogens is 586 g/mol. The molecule has 0 bridgehead atoms. The van der Waals surface area contributed by atoms with Crippen LogP contribution in [0.2, 0.25) is 0 Å². The number of hydrogen-bond donors (Lipinski definition) is 3. The second-order valence-electron chi connectivity index (χ2n) is 13.1. The number of piperazine rings is 1. The zero-order valence-electron chi connectivity index (χ0n) is 27.4. The molecule has 1 aromatic heterocycles. The van der Waals surface area contributed by atoms with Crippen LogP contribution in [0.15, 0.2) is 54.6 Å². The molecule has 0 saturated carbocycles. The first-order chi connectivity index (χ1) is 21.2. The predicted octanol–water partition coefficient (Wildman–Crippen LogP) is 5.30. The van der Waals surface area contributed by atoms with E-state index in [1.807, 2.05) is 25.7 Å². The number of halogens is 1. The zero-order chi connectivity index (χ0) is 31.4. The van der Waals surface area contributed by atoms with Crippen LogP contribution in [0.3, 0.4) is 0 Å². The molecule has 1 spiro atoms. The van der Waals surface area contributed by atoms with E-state index in [4.69, 9.17) is 0 Å². The fourth-order valence-corrected chi connectivity index (χ4v) is 7.07. The van der Waals surface area contributed by atoms with Crippen LogP contribution in [0, 0.1) is 19.8 Å². The molecule has 3 aromatic rings. The van der Waals surface area contributed by atoms with E-state index >= 15 is 0 Å². The van der Waals surface area contributed by atoms with E-state index in [1.165, 1.54) is 22.3 Å². The minimum absolute atomic E-state index is 0. The number of nitrogens with one attached hydrogen (secondary N) is 2. The number of amides is 2. The van der Waals surface area contributed by atoms with Crippen LogP contribution in [0.4, 0.5) is 0 Å². The van der Waals surface area contributed by atoms with Gasteiger partial charge in [-0.05, 0) is 68.6 Å². The summed E-state index contributed by atoms with van der Waals surface area (Å²) >= 11 is 0. The Hall–Kier alpha value is -3.20. The lowest BCUT2D eigenvalue weighted by Crippen LogP contribution is -2.75. The fourth-order valence-electron chi connectivity index (χ4n) is 7.07. The van der Waals surface area contributed by atoms with E-state index in [-0.39, 0.29) is 36.2 Å². The average Bonchev–Trinajstić information content (AvgIpc) is 3.36. The third kappa shape index (κ3) is 7.13. The number of benzene rings is 2. The number of piperidine rings is 1. The molecule has 2 aliphatic rings. The Balaban J connectivity index is 0.00000461. The first-order valence-electron chi connectivity index (χ1n) is 16.3. The highest BCUT2D eigenvalue weighted by Crippen LogP contribution is 2.40. The van der Waals surface area contributed by atoms with Gasteiger partial charge in [0.1, 0.15) is 11.6 Å². The molecule has 2 amide bonds. The second kappa shape index (κ2) is 14.9. The number of likely N-dealkylation sites (tertiary alicyclic amines) is 1. The van der Waals surface area contributed by atoms with E-state index in [0.717, 1.165) is 37.1 Å². The van der Waals surface area contributed by atoms with Crippen LogP contribution in [-0.4, -0.2) is 74.2 Å². The maximum atomic E-state index is 13.9. The van der Waals surface area contributed by atoms with Gasteiger partial charge in [0.15, 0.2) is 0 Å². The smallest absolute Gasteiger partial charge is 0.248 e. The number of unbranched alkanes of at least 4 members (excludes halogenated alkanes) is 1. The summed E-state index contributed by atoms with van der Waals surface area (Å²) < 4.78 is 0. The Kier molecular flexibility index (Phi) is 11.5. The predicted molar refractivity (Wildman–Crippen MR) is 180 cm³/mol. The third-order valence-electron chi connectivity index (χ3n) is 9.81. The van der Waals surface area contributed by atoms with Gasteiger partial charge in [-0.3, -0.25) is 19.6 Å². The van der Waals surface area contributed by atoms with Gasteiger partial charge in [-0.25, -0.2) is 0 Å². The van der Waals surface area contributed by atoms with Crippen LogP contribution in [-0.2, 0) is 22.4 Å². The molecule has 2 saturated heterocycles. The second-order valence-corrected chi connectivity index (χ2v) is 13.1. The molecule has 2 aromatic carbocycles. The van der Waals surface area contributed by atoms with E-state index < -0.39 is 17.7 Å². The molecule has 244 valence electrons. The summed E-state index contributed by atoms with van der Waals surface area (Å²) in [7, 11) is 0. The van der Waals surface area contributed by atoms with Crippen molar-refractivity contribution in [2.24, 2.45) is 5.92 Å². The molecule has 9 heteroatoms. The quantitative estimate of drug-likeness (QED) is 0.265. The van der Waals surface area contributed by atoms with Crippen molar-refractivity contribution in [3.05, 3.63) is 88.2 Å². The van der Waals surface area contributed by atoms with Gasteiger partial charge in [0.2, 0.25) is 11.8 Å². The van der Waals surface area contributed by atoms with E-state index in [0.29, 0.717) is 32.5 Å². The lowest BCUT2D eigenvalue weighted by molar-refractivity contribution is -0.165. The molecule has 3 N–H and O–H groups in total. The molecule has 8 nitrogen and oxygen atoms in total. The van der Waals surface area contributed by atoms with Crippen molar-refractivity contribution >= 4 is 24.2 Å². The number of aromatic nitrogens is 2. The highest BCUT2D eigenvalue weighted by Gasteiger charge is 2.55. The Morgan fingerprint density at radius 3 is 2.16 bits per heavy atom. The number of rotatable bonds is 11. The molecule has 0 radical (unpaired) electrons. The van der Waals surface area contributed by atoms with Crippen molar-refractivity contribution < 1.29 is 14.7 Å². The van der Waals surface area contributed by atoms with E-state index in [1.54, 1.807) is 0 Å². The van der Waals surface area contributed by atoms with Crippen molar-refractivity contribution in [3.8, 4) is 0 Å². The van der Waals surface area contributed by atoms with E-state index in [2.05, 4.69) is 88.9 Å². The fraction of sp³-hybridized carbons (Fsp3) is 0.528. The Labute approximate surface area is 274 Å². The highest BCUT2D eigenvalue weighted by atomic mass is 35.5. The summed E-state index contributed by atoms with van der Waals surface area (Å²) in [6, 6.07) is 18.6. The van der Waals surface area contributed by atoms with Gasteiger partial charge in [0.05, 0.1) is 17.8 Å². The first-order valence-corrected chi connectivity index (χ1v) is 16.3. The van der Waals surface area contributed by atoms with Crippen LogP contribution in [0.1, 0.15) is 86.1 Å². The number of aryl methyl sites for hydroxylation is 4. The van der Waals surface area contributed by atoms with Crippen molar-refractivity contribution in [1.29, 1.82) is 0 Å². The zero-order valence-corrected chi connectivity index (χ0v) is 28.2. The molecule has 3 heterocycles. The summed E-state index contributed by atoms with van der Waals surface area (Å²) in [5.74, 6) is -0.426. The number of carbonyl (C=O) groups excluding carboxylic acids is 2. The van der Waals surface area contributed by atoms with Gasteiger partial charge >= 0.3 is 0 Å². The van der Waals surface area contributed by atoms with Gasteiger partial charge in [0.25, 0.3) is 0 Å². The topological polar surface area (TPSA) is 102 Å². The number of aromatic amines is 1. The number of nitrogens with zero attached hydrogens (tertiary/aromatic N) is 3. The average molecular weight is 636 g/mol. The van der Waals surface area contributed by atoms with Gasteiger partial charge in [-0.1, -0.05) is 81.8 Å². The van der Waals surface area contributed by atoms with Crippen molar-refractivity contribution in [2.75, 3.05) is 19.6 Å². The largest absolute Gasteiger partial charge is 0.390 e. The van der Waals surface area contributed by atoms with Crippen molar-refractivity contribution in [1.82, 2.24) is 25.3 Å². The summed E-state index contributed by atoms with van der Waals surface area (Å²) in [6.45, 7) is 11.8. The van der Waals surface area contributed by atoms with Gasteiger partial charge in [0, 0.05) is 30.9 Å². The minimum atomic E-state index is -0.917. The monoisotopic (exact) mass is 635 g/mol. The van der Waals surface area contributed by atoms with Gasteiger partial charge in [-0.15, -0.1) is 12.4 Å². The molecular formula is C36H50ClN5O3. The minimum Gasteiger partial charge on any atom is -0.390 e. The SMILES string of the molecule is CCCCN1C(=O)[C@@H]([C@H](O)C(C)C)NC(=O)C12CCN(C(c1ccc(CCc3ccccc3)cc1)c1c(C)n[nH]c1C)CC2.Cl. The third-order valence-corrected chi connectivity index (χ3v) is 9.81. The number of H-pyrrole nitrogens is 1. The van der Waals surface area contributed by atoms with Crippen molar-refractivity contribution in [3.63, 3.8) is 0 Å². The summed E-state index contributed by atoms with van der Waals surface area (Å²) in [5, 5.41) is 21.5. The molecule has 45 heavy (non-hydrogen) atoms. The lowest BCUT2D eigenvalue weighted by Gasteiger charge is -2.53. The first kappa shape index (κ1) is 34.7. The highest BCUT2D eigenvalue weighted by molar-refractivity contribution is 6.00. The normalized spacial score (nSPS) is 19.8. The standard InChI is InChI=1S/C36H49N5O3.ClH/c1-6-7-21-41-34(43)31(33(42)24(2)3)37-35(44)36(41)19-22-40(23-20-36)32(30-25(4)38-39-26(30)5)29-17-15-28(16-18-29)14-13-27-11-9-8-10-12-27;/h8-12,15-18,24,31-33,42H,6-7,13-14,19-23H2,1-5H3,(H,37,44)(H,38,39);1H/t31-,32?,33-;/m1./s1. The Morgan fingerprint density at radius 1 is 0.978 bits per heavy atom. The van der Waals surface area contributed by atoms with Gasteiger partial charge < -0.3 is 15.3 Å². The van der Waals surface area contributed by atoms with Gasteiger partial charge in [-0.2, -0.15) is 5.10 Å². The number of hydrogen-bond acceptors (Lipinski definition) is 5. The molecule has 1 unspecified atom stereocenters. The van der Waals surface area contributed by atoms with Crippen LogP contribution >= 0.6 is 12.4 Å². The molecule has 5 rings (SSSR count). The van der Waals surface area contributed by atoms with E-state index in [9.17, 15) is 14.7 Å². The summed E-state index contributed by atoms with van der Waals surface area (Å²) in [6.07, 6.45) is 3.90. The Bertz CT molecular complexity index is 1400. The molecule has 2 aliphatic heterocycles. The van der Waals surface area contributed by atoms with Crippen LogP contribution in [0.5, 0.6) is 0 Å². The number of aliphatic hydroxyl groups excluding tert-OH is 1. The number of carbonyl (C=O) groups is 2. The van der Waals surface area contributed by atoms with Crippen LogP contribution in [0.25, 0.3) is 0 Å². The summed E-state index contributed by atoms with van der Waals surface area (Å²) in [5.41, 5.74) is 6.13. The summed E-state index contributed by atoms with van der Waals surface area (Å²) in [4.78, 5) is 31.9.